The second-order valence-corrected chi connectivity index (χ2v) is 5.18. The molecule has 0 spiro atoms. The summed E-state index contributed by atoms with van der Waals surface area (Å²) in [5.74, 6) is 0. The van der Waals surface area contributed by atoms with Crippen molar-refractivity contribution in [2.24, 2.45) is 0 Å². The summed E-state index contributed by atoms with van der Waals surface area (Å²) in [5.41, 5.74) is 2.43. The van der Waals surface area contributed by atoms with E-state index in [1.54, 1.807) is 0 Å². The van der Waals surface area contributed by atoms with Gasteiger partial charge in [-0.3, -0.25) is 5.10 Å². The van der Waals surface area contributed by atoms with Crippen molar-refractivity contribution in [3.63, 3.8) is 0 Å². The van der Waals surface area contributed by atoms with Crippen molar-refractivity contribution in [2.45, 2.75) is 32.7 Å². The molecule has 0 saturated heterocycles. The predicted molar refractivity (Wildman–Crippen MR) is 64.0 cm³/mol. The normalized spacial score (nSPS) is 11.7. The quantitative estimate of drug-likeness (QED) is 0.830. The van der Waals surface area contributed by atoms with Crippen molar-refractivity contribution in [1.82, 2.24) is 15.5 Å². The lowest BCUT2D eigenvalue weighted by Crippen LogP contribution is -2.19. The smallest absolute Gasteiger partial charge is 0.0535 e. The summed E-state index contributed by atoms with van der Waals surface area (Å²) in [5, 5.41) is 10.9. The Bertz CT molecular complexity index is 336. The van der Waals surface area contributed by atoms with Gasteiger partial charge >= 0.3 is 0 Å². The van der Waals surface area contributed by atoms with Gasteiger partial charge in [-0.1, -0.05) is 39.0 Å². The van der Waals surface area contributed by atoms with Crippen LogP contribution in [0.4, 0.5) is 0 Å². The van der Waals surface area contributed by atoms with Crippen molar-refractivity contribution >= 4 is 11.6 Å². The first-order valence-corrected chi connectivity index (χ1v) is 5.36. The Kier molecular flexibility index (Phi) is 3.94. The van der Waals surface area contributed by atoms with E-state index >= 15 is 0 Å². The molecule has 0 radical (unpaired) electrons. The Morgan fingerprint density at radius 2 is 2.27 bits per heavy atom. The van der Waals surface area contributed by atoms with Crippen LogP contribution in [0.25, 0.3) is 0 Å². The van der Waals surface area contributed by atoms with E-state index in [0.29, 0.717) is 11.6 Å². The van der Waals surface area contributed by atoms with E-state index in [2.05, 4.69) is 42.9 Å². The molecule has 15 heavy (non-hydrogen) atoms. The molecule has 1 heterocycles. The van der Waals surface area contributed by atoms with E-state index in [-0.39, 0.29) is 5.41 Å². The number of aromatic amines is 1. The topological polar surface area (TPSA) is 40.7 Å². The predicted octanol–water partition coefficient (Wildman–Crippen LogP) is 2.55. The fourth-order valence-electron chi connectivity index (χ4n) is 1.43. The number of rotatable bonds is 4. The first-order chi connectivity index (χ1) is 6.91. The maximum absolute atomic E-state index is 5.67. The van der Waals surface area contributed by atoms with Crippen LogP contribution in [0.1, 0.15) is 32.0 Å². The van der Waals surface area contributed by atoms with E-state index < -0.39 is 0 Å². The van der Waals surface area contributed by atoms with Gasteiger partial charge in [-0.2, -0.15) is 5.10 Å². The van der Waals surface area contributed by atoms with Crippen molar-refractivity contribution in [1.29, 1.82) is 0 Å². The van der Waals surface area contributed by atoms with Crippen molar-refractivity contribution < 1.29 is 0 Å². The molecule has 0 aliphatic carbocycles. The molecule has 0 saturated carbocycles. The van der Waals surface area contributed by atoms with Gasteiger partial charge in [0.15, 0.2) is 0 Å². The Balaban J connectivity index is 2.62. The molecule has 1 aromatic heterocycles. The van der Waals surface area contributed by atoms with Crippen LogP contribution in [0.2, 0.25) is 0 Å². The highest BCUT2D eigenvalue weighted by Crippen LogP contribution is 2.23. The van der Waals surface area contributed by atoms with Gasteiger partial charge in [0.25, 0.3) is 0 Å². The van der Waals surface area contributed by atoms with Crippen LogP contribution in [0.15, 0.2) is 17.8 Å². The Morgan fingerprint density at radius 3 is 2.80 bits per heavy atom. The molecule has 0 atom stereocenters. The Morgan fingerprint density at radius 1 is 1.60 bits per heavy atom. The molecule has 0 aliphatic heterocycles. The second-order valence-electron chi connectivity index (χ2n) is 4.64. The van der Waals surface area contributed by atoms with Gasteiger partial charge in [-0.15, -0.1) is 0 Å². The minimum atomic E-state index is 0.0888. The monoisotopic (exact) mass is 227 g/mol. The van der Waals surface area contributed by atoms with Gasteiger partial charge in [0.2, 0.25) is 0 Å². The van der Waals surface area contributed by atoms with Crippen LogP contribution in [-0.4, -0.2) is 16.7 Å². The fraction of sp³-hybridized carbons (Fsp3) is 0.545. The number of hydrogen-bond donors (Lipinski definition) is 2. The maximum Gasteiger partial charge on any atom is 0.0535 e. The van der Waals surface area contributed by atoms with Crippen molar-refractivity contribution in [3.05, 3.63) is 29.1 Å². The Hall–Kier alpha value is -0.800. The number of aromatic nitrogens is 2. The molecule has 3 nitrogen and oxygen atoms in total. The molecular weight excluding hydrogens is 210 g/mol. The summed E-state index contributed by atoms with van der Waals surface area (Å²) in [6, 6.07) is 0. The molecular formula is C11H18ClN3. The number of H-pyrrole nitrogens is 1. The largest absolute Gasteiger partial charge is 0.308 e. The van der Waals surface area contributed by atoms with Gasteiger partial charge in [-0.25, -0.2) is 0 Å². The summed E-state index contributed by atoms with van der Waals surface area (Å²) in [4.78, 5) is 0. The van der Waals surface area contributed by atoms with E-state index in [1.165, 1.54) is 5.56 Å². The zero-order chi connectivity index (χ0) is 11.5. The van der Waals surface area contributed by atoms with Crippen LogP contribution in [-0.2, 0) is 12.0 Å². The minimum Gasteiger partial charge on any atom is -0.308 e. The van der Waals surface area contributed by atoms with E-state index in [4.69, 9.17) is 11.6 Å². The summed E-state index contributed by atoms with van der Waals surface area (Å²) >= 11 is 5.67. The molecule has 0 unspecified atom stereocenters. The molecule has 0 aliphatic rings. The molecule has 0 fully saturated rings. The van der Waals surface area contributed by atoms with Gasteiger partial charge in [0, 0.05) is 34.8 Å². The molecule has 2 N–H and O–H groups in total. The maximum atomic E-state index is 5.67. The lowest BCUT2D eigenvalue weighted by molar-refractivity contribution is 0.556. The minimum absolute atomic E-state index is 0.0888. The van der Waals surface area contributed by atoms with Crippen LogP contribution >= 0.6 is 11.6 Å². The third kappa shape index (κ3) is 3.68. The molecule has 0 amide bonds. The van der Waals surface area contributed by atoms with Crippen molar-refractivity contribution in [2.75, 3.05) is 6.54 Å². The molecule has 84 valence electrons. The number of nitrogens with one attached hydrogen (secondary N) is 2. The molecule has 4 heteroatoms. The zero-order valence-corrected chi connectivity index (χ0v) is 10.3. The van der Waals surface area contributed by atoms with E-state index in [9.17, 15) is 0 Å². The van der Waals surface area contributed by atoms with Crippen LogP contribution < -0.4 is 5.32 Å². The molecule has 1 rings (SSSR count). The zero-order valence-electron chi connectivity index (χ0n) is 9.52. The Labute approximate surface area is 95.9 Å². The summed E-state index contributed by atoms with van der Waals surface area (Å²) < 4.78 is 0. The van der Waals surface area contributed by atoms with Crippen LogP contribution in [0.3, 0.4) is 0 Å². The summed E-state index contributed by atoms with van der Waals surface area (Å²) in [6.07, 6.45) is 1.85. The lowest BCUT2D eigenvalue weighted by Gasteiger charge is -2.18. The average molecular weight is 228 g/mol. The third-order valence-electron chi connectivity index (χ3n) is 2.10. The van der Waals surface area contributed by atoms with Gasteiger partial charge in [0.1, 0.15) is 0 Å². The molecule has 1 aromatic rings. The number of nitrogens with zero attached hydrogens (tertiary/aromatic N) is 1. The van der Waals surface area contributed by atoms with Crippen LogP contribution in [0.5, 0.6) is 0 Å². The van der Waals surface area contributed by atoms with E-state index in [1.807, 2.05) is 6.20 Å². The van der Waals surface area contributed by atoms with Crippen LogP contribution in [0, 0.1) is 0 Å². The average Bonchev–Trinajstić information content (AvgIpc) is 2.50. The van der Waals surface area contributed by atoms with Gasteiger partial charge in [0.05, 0.1) is 6.20 Å². The highest BCUT2D eigenvalue weighted by Gasteiger charge is 2.19. The summed E-state index contributed by atoms with van der Waals surface area (Å²) in [6.45, 7) is 11.5. The summed E-state index contributed by atoms with van der Waals surface area (Å²) in [7, 11) is 0. The first-order valence-electron chi connectivity index (χ1n) is 4.98. The highest BCUT2D eigenvalue weighted by atomic mass is 35.5. The standard InChI is InChI=1S/C11H18ClN3/c1-8(12)5-13-6-9-7-14-15-10(9)11(2,3)4/h7,13H,1,5-6H2,2-4H3,(H,14,15). The molecule has 0 aromatic carbocycles. The third-order valence-corrected chi connectivity index (χ3v) is 2.23. The number of hydrogen-bond acceptors (Lipinski definition) is 2. The lowest BCUT2D eigenvalue weighted by atomic mass is 9.89. The SMILES string of the molecule is C=C(Cl)CNCc1cn[nH]c1C(C)(C)C. The molecule has 0 bridgehead atoms. The fourth-order valence-corrected chi connectivity index (χ4v) is 1.52. The second kappa shape index (κ2) is 4.81. The number of halogens is 1. The highest BCUT2D eigenvalue weighted by molar-refractivity contribution is 6.29. The van der Waals surface area contributed by atoms with E-state index in [0.717, 1.165) is 12.2 Å². The van der Waals surface area contributed by atoms with Gasteiger partial charge < -0.3 is 5.32 Å². The van der Waals surface area contributed by atoms with Gasteiger partial charge in [-0.05, 0) is 0 Å². The van der Waals surface area contributed by atoms with Crippen molar-refractivity contribution in [3.8, 4) is 0 Å². The first kappa shape index (κ1) is 12.3.